The lowest BCUT2D eigenvalue weighted by Crippen LogP contribution is -2.61. The van der Waals surface area contributed by atoms with Gasteiger partial charge in [-0.25, -0.2) is 0 Å². The number of rotatable bonds is 2. The summed E-state index contributed by atoms with van der Waals surface area (Å²) in [6.07, 6.45) is 3.79. The minimum absolute atomic E-state index is 0.192. The molecule has 4 aliphatic carbocycles. The smallest absolute Gasteiger partial charge is 0.309 e. The highest BCUT2D eigenvalue weighted by Crippen LogP contribution is 2.62. The number of carboxylic acid groups (broad SMARTS) is 1. The molecule has 0 radical (unpaired) electrons. The standard InChI is InChI=1S/C11H15NO4/c13-9(14)10-2-7-1-8(3-10)5-11(4-7,6-10)12(15)16/h7-8H,1-6H2,(H,13,14)/t7-,8-,10?,11?/m0/s1. The highest BCUT2D eigenvalue weighted by atomic mass is 16.6. The third-order valence-electron chi connectivity index (χ3n) is 4.87. The Kier molecular flexibility index (Phi) is 1.73. The predicted molar refractivity (Wildman–Crippen MR) is 54.5 cm³/mol. The van der Waals surface area contributed by atoms with E-state index < -0.39 is 16.9 Å². The van der Waals surface area contributed by atoms with Crippen molar-refractivity contribution in [2.75, 3.05) is 0 Å². The van der Waals surface area contributed by atoms with E-state index in [1.165, 1.54) is 0 Å². The van der Waals surface area contributed by atoms with Gasteiger partial charge < -0.3 is 5.11 Å². The lowest BCUT2D eigenvalue weighted by atomic mass is 9.47. The number of hydrogen-bond donors (Lipinski definition) is 1. The average Bonchev–Trinajstić information content (AvgIpc) is 2.14. The molecule has 4 rings (SSSR count). The van der Waals surface area contributed by atoms with Crippen LogP contribution in [-0.4, -0.2) is 21.5 Å². The molecule has 0 spiro atoms. The molecule has 88 valence electrons. The van der Waals surface area contributed by atoms with Crippen molar-refractivity contribution in [1.82, 2.24) is 0 Å². The highest BCUT2D eigenvalue weighted by molar-refractivity contribution is 5.75. The van der Waals surface area contributed by atoms with E-state index in [4.69, 9.17) is 0 Å². The van der Waals surface area contributed by atoms with Crippen LogP contribution in [0.4, 0.5) is 0 Å². The molecular weight excluding hydrogens is 210 g/mol. The summed E-state index contributed by atoms with van der Waals surface area (Å²) in [4.78, 5) is 22.4. The maximum atomic E-state index is 11.4. The molecule has 4 bridgehead atoms. The Balaban J connectivity index is 2.03. The summed E-state index contributed by atoms with van der Waals surface area (Å²) in [6, 6.07) is 0. The molecule has 0 unspecified atom stereocenters. The average molecular weight is 225 g/mol. The van der Waals surface area contributed by atoms with Crippen molar-refractivity contribution >= 4 is 5.97 Å². The molecule has 4 fully saturated rings. The Hall–Kier alpha value is -1.13. The van der Waals surface area contributed by atoms with Gasteiger partial charge in [-0.1, -0.05) is 0 Å². The number of nitrogens with zero attached hydrogens (tertiary/aromatic N) is 1. The van der Waals surface area contributed by atoms with E-state index in [9.17, 15) is 20.0 Å². The van der Waals surface area contributed by atoms with Crippen molar-refractivity contribution in [3.05, 3.63) is 10.1 Å². The van der Waals surface area contributed by atoms with Crippen LogP contribution < -0.4 is 0 Å². The Labute approximate surface area is 93.0 Å². The molecule has 4 saturated carbocycles. The van der Waals surface area contributed by atoms with Crippen LogP contribution in [0.3, 0.4) is 0 Å². The molecule has 0 aromatic rings. The fourth-order valence-corrected chi connectivity index (χ4v) is 4.68. The summed E-state index contributed by atoms with van der Waals surface area (Å²) in [5.74, 6) is -0.279. The van der Waals surface area contributed by atoms with Crippen molar-refractivity contribution < 1.29 is 14.8 Å². The number of nitro groups is 1. The predicted octanol–water partition coefficient (Wildman–Crippen LogP) is 1.69. The number of aliphatic carboxylic acids is 1. The van der Waals surface area contributed by atoms with Crippen LogP contribution >= 0.6 is 0 Å². The van der Waals surface area contributed by atoms with E-state index in [1.54, 1.807) is 0 Å². The van der Waals surface area contributed by atoms with Gasteiger partial charge in [0.15, 0.2) is 0 Å². The van der Waals surface area contributed by atoms with Gasteiger partial charge in [0.05, 0.1) is 5.41 Å². The molecule has 0 saturated heterocycles. The van der Waals surface area contributed by atoms with E-state index in [2.05, 4.69) is 0 Å². The van der Waals surface area contributed by atoms with E-state index >= 15 is 0 Å². The van der Waals surface area contributed by atoms with Gasteiger partial charge in [0, 0.05) is 24.2 Å². The molecule has 5 nitrogen and oxygen atoms in total. The van der Waals surface area contributed by atoms with Crippen LogP contribution in [0.2, 0.25) is 0 Å². The molecular formula is C11H15NO4. The van der Waals surface area contributed by atoms with Crippen LogP contribution in [0.15, 0.2) is 0 Å². The van der Waals surface area contributed by atoms with Crippen molar-refractivity contribution in [3.8, 4) is 0 Å². The fourth-order valence-electron chi connectivity index (χ4n) is 4.68. The van der Waals surface area contributed by atoms with Gasteiger partial charge in [0.25, 0.3) is 0 Å². The van der Waals surface area contributed by atoms with Crippen molar-refractivity contribution in [1.29, 1.82) is 0 Å². The molecule has 0 amide bonds. The molecule has 16 heavy (non-hydrogen) atoms. The summed E-state index contributed by atoms with van der Waals surface area (Å²) in [7, 11) is 0. The Bertz CT molecular complexity index is 332. The largest absolute Gasteiger partial charge is 0.481 e. The first-order valence-electron chi connectivity index (χ1n) is 5.84. The Morgan fingerprint density at radius 2 is 1.81 bits per heavy atom. The normalized spacial score (nSPS) is 49.2. The minimum atomic E-state index is -0.914. The SMILES string of the molecule is O=C(O)C12C[C@@H]3C[C@@H](C1)CC([N+](=O)[O-])(C3)C2. The van der Waals surface area contributed by atoms with Gasteiger partial charge in [-0.05, 0) is 31.1 Å². The van der Waals surface area contributed by atoms with Crippen LogP contribution in [0.25, 0.3) is 0 Å². The molecule has 5 heteroatoms. The summed E-state index contributed by atoms with van der Waals surface area (Å²) in [5, 5.41) is 20.6. The second-order valence-electron chi connectivity index (χ2n) is 6.03. The van der Waals surface area contributed by atoms with Gasteiger partial charge in [-0.2, -0.15) is 0 Å². The van der Waals surface area contributed by atoms with Gasteiger partial charge in [-0.15, -0.1) is 0 Å². The first-order valence-corrected chi connectivity index (χ1v) is 5.84. The van der Waals surface area contributed by atoms with Crippen molar-refractivity contribution in [2.45, 2.75) is 44.1 Å². The van der Waals surface area contributed by atoms with Crippen LogP contribution in [-0.2, 0) is 4.79 Å². The van der Waals surface area contributed by atoms with E-state index in [-0.39, 0.29) is 23.2 Å². The summed E-state index contributed by atoms with van der Waals surface area (Å²) >= 11 is 0. The number of carboxylic acids is 1. The van der Waals surface area contributed by atoms with Crippen LogP contribution in [0.5, 0.6) is 0 Å². The lowest BCUT2D eigenvalue weighted by molar-refractivity contribution is -0.590. The first kappa shape index (κ1) is 10.1. The second kappa shape index (κ2) is 2.76. The van der Waals surface area contributed by atoms with Gasteiger partial charge in [-0.3, -0.25) is 14.9 Å². The maximum absolute atomic E-state index is 11.4. The molecule has 0 aromatic carbocycles. The van der Waals surface area contributed by atoms with Gasteiger partial charge in [0.1, 0.15) is 0 Å². The minimum Gasteiger partial charge on any atom is -0.481 e. The summed E-state index contributed by atoms with van der Waals surface area (Å²) in [5.41, 5.74) is -1.69. The molecule has 1 N–H and O–H groups in total. The topological polar surface area (TPSA) is 80.4 Å². The van der Waals surface area contributed by atoms with Crippen molar-refractivity contribution in [3.63, 3.8) is 0 Å². The summed E-state index contributed by atoms with van der Waals surface area (Å²) < 4.78 is 0. The maximum Gasteiger partial charge on any atom is 0.309 e. The van der Waals surface area contributed by atoms with E-state index in [0.29, 0.717) is 25.7 Å². The quantitative estimate of drug-likeness (QED) is 0.572. The van der Waals surface area contributed by atoms with Gasteiger partial charge in [0.2, 0.25) is 5.54 Å². The van der Waals surface area contributed by atoms with E-state index in [0.717, 1.165) is 6.42 Å². The highest BCUT2D eigenvalue weighted by Gasteiger charge is 2.66. The third kappa shape index (κ3) is 1.09. The van der Waals surface area contributed by atoms with Gasteiger partial charge >= 0.3 is 5.97 Å². The molecule has 2 atom stereocenters. The second-order valence-corrected chi connectivity index (χ2v) is 6.03. The third-order valence-corrected chi connectivity index (χ3v) is 4.87. The Morgan fingerprint density at radius 3 is 2.25 bits per heavy atom. The molecule has 0 heterocycles. The zero-order valence-electron chi connectivity index (χ0n) is 9.02. The summed E-state index contributed by atoms with van der Waals surface area (Å²) in [6.45, 7) is 0. The number of carbonyl (C=O) groups is 1. The Morgan fingerprint density at radius 1 is 1.25 bits per heavy atom. The zero-order chi connectivity index (χ0) is 11.6. The zero-order valence-corrected chi connectivity index (χ0v) is 9.02. The monoisotopic (exact) mass is 225 g/mol. The van der Waals surface area contributed by atoms with E-state index in [1.807, 2.05) is 0 Å². The van der Waals surface area contributed by atoms with Crippen LogP contribution in [0, 0.1) is 27.4 Å². The van der Waals surface area contributed by atoms with Crippen molar-refractivity contribution in [2.24, 2.45) is 17.3 Å². The first-order chi connectivity index (χ1) is 7.46. The molecule has 4 aliphatic rings. The molecule has 0 aliphatic heterocycles. The fraction of sp³-hybridized carbons (Fsp3) is 0.909. The lowest BCUT2D eigenvalue weighted by Gasteiger charge is -2.55. The van der Waals surface area contributed by atoms with Crippen LogP contribution in [0.1, 0.15) is 38.5 Å². The number of hydrogen-bond acceptors (Lipinski definition) is 3. The molecule has 0 aromatic heterocycles.